The van der Waals surface area contributed by atoms with Gasteiger partial charge in [0.25, 0.3) is 0 Å². The zero-order valence-corrected chi connectivity index (χ0v) is 20.1. The number of carbonyl (C=O) groups excluding carboxylic acids is 2. The van der Waals surface area contributed by atoms with Crippen molar-refractivity contribution in [3.05, 3.63) is 64.8 Å². The van der Waals surface area contributed by atoms with Gasteiger partial charge in [0.05, 0.1) is 37.4 Å². The van der Waals surface area contributed by atoms with Crippen molar-refractivity contribution < 1.29 is 23.8 Å². The Bertz CT molecular complexity index is 1290. The molecule has 9 heteroatoms. The SMILES string of the molecule is COc1ccc2c(c1)NC(=O)C2CC(=O)N1CCOc2c(cc(-c3ccc(Cl)cn3)cc2OC)C1. The van der Waals surface area contributed by atoms with Crippen molar-refractivity contribution in [3.8, 4) is 28.5 Å². The van der Waals surface area contributed by atoms with Crippen molar-refractivity contribution >= 4 is 29.1 Å². The van der Waals surface area contributed by atoms with Gasteiger partial charge < -0.3 is 24.4 Å². The first-order valence-electron chi connectivity index (χ1n) is 11.2. The first kappa shape index (κ1) is 23.0. The predicted molar refractivity (Wildman–Crippen MR) is 131 cm³/mol. The van der Waals surface area contributed by atoms with Gasteiger partial charge in [0, 0.05) is 42.0 Å². The monoisotopic (exact) mass is 493 g/mol. The summed E-state index contributed by atoms with van der Waals surface area (Å²) in [7, 11) is 3.15. The summed E-state index contributed by atoms with van der Waals surface area (Å²) in [5.41, 5.74) is 3.85. The fourth-order valence-electron chi connectivity index (χ4n) is 4.48. The number of hydrogen-bond donors (Lipinski definition) is 1. The molecule has 0 radical (unpaired) electrons. The topological polar surface area (TPSA) is 90.0 Å². The van der Waals surface area contributed by atoms with E-state index in [-0.39, 0.29) is 18.2 Å². The minimum atomic E-state index is -0.550. The molecule has 0 saturated carbocycles. The van der Waals surface area contributed by atoms with Crippen LogP contribution in [0.3, 0.4) is 0 Å². The molecule has 2 amide bonds. The summed E-state index contributed by atoms with van der Waals surface area (Å²) < 4.78 is 16.8. The van der Waals surface area contributed by atoms with Crippen LogP contribution < -0.4 is 19.5 Å². The van der Waals surface area contributed by atoms with Crippen LogP contribution in [-0.2, 0) is 16.1 Å². The van der Waals surface area contributed by atoms with Gasteiger partial charge in [0.15, 0.2) is 11.5 Å². The molecular formula is C26H24ClN3O5. The molecule has 5 rings (SSSR count). The summed E-state index contributed by atoms with van der Waals surface area (Å²) in [6, 6.07) is 12.8. The maximum absolute atomic E-state index is 13.3. The standard InChI is InChI=1S/C26H24ClN3O5/c1-33-18-4-5-19-20(26(32)29-22(19)11-18)12-24(31)30-7-8-35-25-16(14-30)9-15(10-23(25)34-2)21-6-3-17(27)13-28-21/h3-6,9-11,13,20H,7-8,12,14H2,1-2H3,(H,29,32). The number of methoxy groups -OCH3 is 2. The Morgan fingerprint density at radius 2 is 2.06 bits per heavy atom. The molecule has 3 heterocycles. The Morgan fingerprint density at radius 1 is 1.20 bits per heavy atom. The molecule has 1 atom stereocenters. The van der Waals surface area contributed by atoms with Crippen LogP contribution in [0.2, 0.25) is 5.02 Å². The Balaban J connectivity index is 1.40. The highest BCUT2D eigenvalue weighted by Crippen LogP contribution is 2.40. The first-order valence-corrected chi connectivity index (χ1v) is 11.6. The van der Waals surface area contributed by atoms with E-state index in [2.05, 4.69) is 10.3 Å². The lowest BCUT2D eigenvalue weighted by molar-refractivity contribution is -0.134. The molecule has 1 unspecified atom stereocenters. The van der Waals surface area contributed by atoms with Crippen molar-refractivity contribution in [2.24, 2.45) is 0 Å². The van der Waals surface area contributed by atoms with Gasteiger partial charge in [-0.3, -0.25) is 14.6 Å². The third-order valence-electron chi connectivity index (χ3n) is 6.29. The molecular weight excluding hydrogens is 470 g/mol. The van der Waals surface area contributed by atoms with Crippen molar-refractivity contribution in [1.29, 1.82) is 0 Å². The van der Waals surface area contributed by atoms with Gasteiger partial charge in [-0.25, -0.2) is 0 Å². The average Bonchev–Trinajstić information content (AvgIpc) is 3.03. The summed E-state index contributed by atoms with van der Waals surface area (Å²) in [6.45, 7) is 1.04. The van der Waals surface area contributed by atoms with E-state index < -0.39 is 5.92 Å². The molecule has 0 saturated heterocycles. The van der Waals surface area contributed by atoms with E-state index in [9.17, 15) is 9.59 Å². The molecule has 0 fully saturated rings. The first-order chi connectivity index (χ1) is 17.0. The normalized spacial score (nSPS) is 16.5. The van der Waals surface area contributed by atoms with Crippen LogP contribution in [0.15, 0.2) is 48.7 Å². The summed E-state index contributed by atoms with van der Waals surface area (Å²) in [6.07, 6.45) is 1.65. The second kappa shape index (κ2) is 9.46. The van der Waals surface area contributed by atoms with Crippen LogP contribution in [-0.4, -0.2) is 49.1 Å². The molecule has 2 aliphatic rings. The Morgan fingerprint density at radius 3 is 2.80 bits per heavy atom. The van der Waals surface area contributed by atoms with Crippen LogP contribution in [0.5, 0.6) is 17.2 Å². The van der Waals surface area contributed by atoms with E-state index >= 15 is 0 Å². The highest BCUT2D eigenvalue weighted by Gasteiger charge is 2.34. The predicted octanol–water partition coefficient (Wildman–Crippen LogP) is 4.27. The van der Waals surface area contributed by atoms with Gasteiger partial charge in [-0.05, 0) is 35.9 Å². The quantitative estimate of drug-likeness (QED) is 0.571. The largest absolute Gasteiger partial charge is 0.497 e. The number of nitrogens with one attached hydrogen (secondary N) is 1. The molecule has 8 nitrogen and oxygen atoms in total. The number of halogens is 1. The highest BCUT2D eigenvalue weighted by molar-refractivity contribution is 6.30. The fourth-order valence-corrected chi connectivity index (χ4v) is 4.60. The van der Waals surface area contributed by atoms with Crippen LogP contribution in [0.4, 0.5) is 5.69 Å². The van der Waals surface area contributed by atoms with Crippen LogP contribution in [0.1, 0.15) is 23.5 Å². The van der Waals surface area contributed by atoms with Gasteiger partial charge >= 0.3 is 0 Å². The Hall–Kier alpha value is -3.78. The van der Waals surface area contributed by atoms with Crippen LogP contribution in [0.25, 0.3) is 11.3 Å². The van der Waals surface area contributed by atoms with Gasteiger partial charge in [0.1, 0.15) is 12.4 Å². The van der Waals surface area contributed by atoms with Gasteiger partial charge in [-0.2, -0.15) is 0 Å². The van der Waals surface area contributed by atoms with Crippen molar-refractivity contribution in [3.63, 3.8) is 0 Å². The van der Waals surface area contributed by atoms with Gasteiger partial charge in [0.2, 0.25) is 11.8 Å². The minimum absolute atomic E-state index is 0.0655. The number of amides is 2. The summed E-state index contributed by atoms with van der Waals surface area (Å²) in [5.74, 6) is 0.965. The minimum Gasteiger partial charge on any atom is -0.497 e. The number of hydrogen-bond acceptors (Lipinski definition) is 6. The fraction of sp³-hybridized carbons (Fsp3) is 0.269. The highest BCUT2D eigenvalue weighted by atomic mass is 35.5. The van der Waals surface area contributed by atoms with Crippen molar-refractivity contribution in [2.45, 2.75) is 18.9 Å². The molecule has 2 aliphatic heterocycles. The molecule has 0 spiro atoms. The van der Waals surface area contributed by atoms with Gasteiger partial charge in [-0.1, -0.05) is 17.7 Å². The third-order valence-corrected chi connectivity index (χ3v) is 6.51. The van der Waals surface area contributed by atoms with Gasteiger partial charge in [-0.15, -0.1) is 0 Å². The summed E-state index contributed by atoms with van der Waals surface area (Å²) in [4.78, 5) is 32.1. The number of pyridine rings is 1. The molecule has 0 bridgehead atoms. The average molecular weight is 494 g/mol. The smallest absolute Gasteiger partial charge is 0.232 e. The van der Waals surface area contributed by atoms with Crippen LogP contribution >= 0.6 is 11.6 Å². The number of ether oxygens (including phenoxy) is 3. The van der Waals surface area contributed by atoms with E-state index in [1.165, 1.54) is 0 Å². The lowest BCUT2D eigenvalue weighted by Crippen LogP contribution is -2.34. The molecule has 3 aromatic rings. The van der Waals surface area contributed by atoms with E-state index in [0.29, 0.717) is 47.7 Å². The van der Waals surface area contributed by atoms with E-state index in [1.807, 2.05) is 24.3 Å². The van der Waals surface area contributed by atoms with Crippen LogP contribution in [0, 0.1) is 0 Å². The molecule has 180 valence electrons. The zero-order chi connectivity index (χ0) is 24.5. The lowest BCUT2D eigenvalue weighted by atomic mass is 9.96. The van der Waals surface area contributed by atoms with Crippen molar-refractivity contribution in [1.82, 2.24) is 9.88 Å². The maximum atomic E-state index is 13.3. The van der Waals surface area contributed by atoms with Crippen molar-refractivity contribution in [2.75, 3.05) is 32.7 Å². The number of aromatic nitrogens is 1. The number of anilines is 1. The summed E-state index contributed by atoms with van der Waals surface area (Å²) in [5, 5.41) is 3.40. The molecule has 1 N–H and O–H groups in total. The van der Waals surface area contributed by atoms with E-state index in [4.69, 9.17) is 25.8 Å². The number of fused-ring (bicyclic) bond motifs is 2. The second-order valence-corrected chi connectivity index (χ2v) is 8.83. The second-order valence-electron chi connectivity index (χ2n) is 8.39. The Labute approximate surface area is 207 Å². The molecule has 2 aromatic carbocycles. The maximum Gasteiger partial charge on any atom is 0.232 e. The number of nitrogens with zero attached hydrogens (tertiary/aromatic N) is 2. The third kappa shape index (κ3) is 4.49. The molecule has 0 aliphatic carbocycles. The van der Waals surface area contributed by atoms with E-state index in [1.54, 1.807) is 43.5 Å². The van der Waals surface area contributed by atoms with E-state index in [0.717, 1.165) is 22.4 Å². The number of carbonyl (C=O) groups is 2. The number of rotatable bonds is 5. The number of benzene rings is 2. The lowest BCUT2D eigenvalue weighted by Gasteiger charge is -2.22. The summed E-state index contributed by atoms with van der Waals surface area (Å²) >= 11 is 5.99. The molecule has 35 heavy (non-hydrogen) atoms. The molecule has 1 aromatic heterocycles. The Kier molecular flexibility index (Phi) is 6.21. The zero-order valence-electron chi connectivity index (χ0n) is 19.3.